The fourth-order valence-electron chi connectivity index (χ4n) is 2.66. The maximum absolute atomic E-state index is 12.6. The Morgan fingerprint density at radius 3 is 2.96 bits per heavy atom. The highest BCUT2D eigenvalue weighted by atomic mass is 32.1. The number of rotatable bonds is 2. The number of hydrogen-bond donors (Lipinski definition) is 2. The van der Waals surface area contributed by atoms with E-state index in [1.165, 1.54) is 21.9 Å². The molecule has 120 valence electrons. The second-order valence-electron chi connectivity index (χ2n) is 5.57. The number of H-pyrrole nitrogens is 1. The van der Waals surface area contributed by atoms with Crippen molar-refractivity contribution in [2.75, 3.05) is 5.32 Å². The van der Waals surface area contributed by atoms with Crippen LogP contribution in [0.5, 0.6) is 0 Å². The van der Waals surface area contributed by atoms with Gasteiger partial charge in [-0.25, -0.2) is 4.98 Å². The van der Waals surface area contributed by atoms with E-state index >= 15 is 0 Å². The van der Waals surface area contributed by atoms with Crippen molar-refractivity contribution in [3.05, 3.63) is 63.1 Å². The number of aromatic nitrogens is 3. The minimum atomic E-state index is -0.462. The second-order valence-corrected chi connectivity index (χ2v) is 6.75. The number of thiazole rings is 1. The van der Waals surface area contributed by atoms with E-state index in [2.05, 4.69) is 15.3 Å². The average molecular weight is 338 g/mol. The highest BCUT2D eigenvalue weighted by Crippen LogP contribution is 2.20. The largest absolute Gasteiger partial charge is 0.361 e. The van der Waals surface area contributed by atoms with Crippen molar-refractivity contribution in [3.8, 4) is 0 Å². The van der Waals surface area contributed by atoms with Crippen LogP contribution in [0.2, 0.25) is 0 Å². The number of aromatic amines is 1. The van der Waals surface area contributed by atoms with Crippen LogP contribution in [0.3, 0.4) is 0 Å². The molecule has 0 aliphatic rings. The van der Waals surface area contributed by atoms with E-state index in [-0.39, 0.29) is 11.1 Å². The van der Waals surface area contributed by atoms with Gasteiger partial charge in [-0.3, -0.25) is 14.0 Å². The Kier molecular flexibility index (Phi) is 3.24. The molecule has 3 heterocycles. The summed E-state index contributed by atoms with van der Waals surface area (Å²) in [6.07, 6.45) is 3.18. The molecule has 2 N–H and O–H groups in total. The molecule has 24 heavy (non-hydrogen) atoms. The van der Waals surface area contributed by atoms with Crippen molar-refractivity contribution in [3.63, 3.8) is 0 Å². The van der Waals surface area contributed by atoms with Gasteiger partial charge in [0.2, 0.25) is 0 Å². The molecule has 0 aliphatic carbocycles. The lowest BCUT2D eigenvalue weighted by Gasteiger charge is -2.05. The molecule has 0 saturated heterocycles. The molecular formula is C17H14N4O2S. The second kappa shape index (κ2) is 5.31. The highest BCUT2D eigenvalue weighted by Gasteiger charge is 2.16. The summed E-state index contributed by atoms with van der Waals surface area (Å²) in [6.45, 7) is 3.78. The molecule has 0 saturated carbocycles. The van der Waals surface area contributed by atoms with Gasteiger partial charge in [0.05, 0.1) is 0 Å². The molecule has 0 fully saturated rings. The van der Waals surface area contributed by atoms with Gasteiger partial charge in [-0.1, -0.05) is 6.07 Å². The maximum atomic E-state index is 12.6. The molecule has 6 nitrogen and oxygen atoms in total. The molecule has 7 heteroatoms. The third-order valence-electron chi connectivity index (χ3n) is 4.08. The number of fused-ring (bicyclic) bond motifs is 2. The number of nitrogens with one attached hydrogen (secondary N) is 2. The molecular weight excluding hydrogens is 324 g/mol. The van der Waals surface area contributed by atoms with Crippen molar-refractivity contribution in [2.45, 2.75) is 13.8 Å². The zero-order valence-electron chi connectivity index (χ0n) is 13.1. The molecule has 0 spiro atoms. The molecule has 1 aromatic carbocycles. The van der Waals surface area contributed by atoms with Crippen molar-refractivity contribution in [1.29, 1.82) is 0 Å². The molecule has 0 atom stereocenters. The van der Waals surface area contributed by atoms with Crippen LogP contribution in [-0.4, -0.2) is 20.3 Å². The zero-order valence-corrected chi connectivity index (χ0v) is 13.9. The van der Waals surface area contributed by atoms with Gasteiger partial charge < -0.3 is 10.3 Å². The summed E-state index contributed by atoms with van der Waals surface area (Å²) in [5.74, 6) is -0.462. The summed E-state index contributed by atoms with van der Waals surface area (Å²) >= 11 is 1.44. The Morgan fingerprint density at radius 1 is 1.29 bits per heavy atom. The minimum Gasteiger partial charge on any atom is -0.361 e. The van der Waals surface area contributed by atoms with E-state index in [0.29, 0.717) is 10.6 Å². The number of amides is 1. The lowest BCUT2D eigenvalue weighted by molar-refractivity contribution is 0.102. The standard InChI is InChI=1S/C17H14N4O2S/c1-9-10(2)24-17-19-8-13(16(23)21(9)17)15(22)20-12-4-3-11-5-6-18-14(11)7-12/h3-8,18H,1-2H3,(H,20,22). The Morgan fingerprint density at radius 2 is 2.12 bits per heavy atom. The van der Waals surface area contributed by atoms with Crippen LogP contribution in [0.4, 0.5) is 5.69 Å². The summed E-state index contributed by atoms with van der Waals surface area (Å²) in [6, 6.07) is 7.49. The van der Waals surface area contributed by atoms with E-state index in [9.17, 15) is 9.59 Å². The first-order chi connectivity index (χ1) is 11.5. The van der Waals surface area contributed by atoms with Crippen molar-refractivity contribution >= 4 is 38.8 Å². The first-order valence-corrected chi connectivity index (χ1v) is 8.22. The fraction of sp³-hybridized carbons (Fsp3) is 0.118. The number of carbonyl (C=O) groups is 1. The summed E-state index contributed by atoms with van der Waals surface area (Å²) in [5, 5.41) is 3.82. The Hall–Kier alpha value is -2.93. The van der Waals surface area contributed by atoms with E-state index in [1.807, 2.05) is 38.2 Å². The lowest BCUT2D eigenvalue weighted by Crippen LogP contribution is -2.26. The van der Waals surface area contributed by atoms with Gasteiger partial charge in [-0.15, -0.1) is 11.3 Å². The monoisotopic (exact) mass is 338 g/mol. The molecule has 0 unspecified atom stereocenters. The highest BCUT2D eigenvalue weighted by molar-refractivity contribution is 7.17. The molecule has 0 aliphatic heterocycles. The van der Waals surface area contributed by atoms with Crippen LogP contribution in [-0.2, 0) is 0 Å². The lowest BCUT2D eigenvalue weighted by atomic mass is 10.2. The molecule has 3 aromatic heterocycles. The van der Waals surface area contributed by atoms with Gasteiger partial charge in [0.1, 0.15) is 5.56 Å². The van der Waals surface area contributed by atoms with Gasteiger partial charge in [-0.2, -0.15) is 0 Å². The normalized spacial score (nSPS) is 11.2. The quantitative estimate of drug-likeness (QED) is 0.589. The fourth-order valence-corrected chi connectivity index (χ4v) is 3.59. The van der Waals surface area contributed by atoms with Crippen LogP contribution in [0.25, 0.3) is 15.9 Å². The predicted molar refractivity (Wildman–Crippen MR) is 95.1 cm³/mol. The Balaban J connectivity index is 1.73. The van der Waals surface area contributed by atoms with Gasteiger partial charge in [0.25, 0.3) is 11.5 Å². The third kappa shape index (κ3) is 2.21. The van der Waals surface area contributed by atoms with Crippen LogP contribution in [0.15, 0.2) is 41.5 Å². The zero-order chi connectivity index (χ0) is 16.8. The first-order valence-electron chi connectivity index (χ1n) is 7.41. The summed E-state index contributed by atoms with van der Waals surface area (Å²) < 4.78 is 1.49. The maximum Gasteiger partial charge on any atom is 0.271 e. The number of nitrogens with zero attached hydrogens (tertiary/aromatic N) is 2. The molecule has 1 amide bonds. The van der Waals surface area contributed by atoms with E-state index in [4.69, 9.17) is 0 Å². The van der Waals surface area contributed by atoms with Gasteiger partial charge in [0, 0.05) is 34.2 Å². The van der Waals surface area contributed by atoms with Crippen LogP contribution < -0.4 is 10.9 Å². The van der Waals surface area contributed by atoms with Gasteiger partial charge >= 0.3 is 0 Å². The molecule has 0 bridgehead atoms. The summed E-state index contributed by atoms with van der Waals surface area (Å²) in [4.78, 5) is 34.1. The van der Waals surface area contributed by atoms with Gasteiger partial charge in [-0.05, 0) is 37.4 Å². The predicted octanol–water partition coefficient (Wildman–Crippen LogP) is 3.11. The van der Waals surface area contributed by atoms with Gasteiger partial charge in [0.15, 0.2) is 4.96 Å². The number of carbonyl (C=O) groups excluding carboxylic acids is 1. The number of aryl methyl sites for hydroxylation is 2. The number of hydrogen-bond acceptors (Lipinski definition) is 4. The van der Waals surface area contributed by atoms with E-state index < -0.39 is 5.91 Å². The molecule has 4 rings (SSSR count). The summed E-state index contributed by atoms with van der Waals surface area (Å²) in [5.41, 5.74) is 2.04. The van der Waals surface area contributed by atoms with Crippen LogP contribution >= 0.6 is 11.3 Å². The smallest absolute Gasteiger partial charge is 0.271 e. The van der Waals surface area contributed by atoms with Crippen molar-refractivity contribution in [2.24, 2.45) is 0 Å². The molecule has 0 radical (unpaired) electrons. The first kappa shape index (κ1) is 14.6. The SMILES string of the molecule is Cc1sc2ncc(C(=O)Nc3ccc4cc[nH]c4c3)c(=O)n2c1C. The summed E-state index contributed by atoms with van der Waals surface area (Å²) in [7, 11) is 0. The topological polar surface area (TPSA) is 79.3 Å². The van der Waals surface area contributed by atoms with Crippen LogP contribution in [0.1, 0.15) is 20.9 Å². The minimum absolute atomic E-state index is 0.0278. The molecule has 4 aromatic rings. The number of benzene rings is 1. The van der Waals surface area contributed by atoms with Crippen molar-refractivity contribution < 1.29 is 4.79 Å². The Labute approximate surface area is 140 Å². The van der Waals surface area contributed by atoms with E-state index in [1.54, 1.807) is 6.07 Å². The van der Waals surface area contributed by atoms with Crippen molar-refractivity contribution in [1.82, 2.24) is 14.4 Å². The number of anilines is 1. The third-order valence-corrected chi connectivity index (χ3v) is 5.15. The Bertz CT molecular complexity index is 1150. The van der Waals surface area contributed by atoms with E-state index in [0.717, 1.165) is 21.5 Å². The average Bonchev–Trinajstić information content (AvgIpc) is 3.12. The van der Waals surface area contributed by atoms with Crippen LogP contribution in [0, 0.1) is 13.8 Å².